The molecule has 0 unspecified atom stereocenters. The number of nitrogens with two attached hydrogens (primary N) is 1. The van der Waals surface area contributed by atoms with Crippen LogP contribution in [0.1, 0.15) is 52.5 Å². The number of nitrogens with one attached hydrogen (secondary N) is 1. The van der Waals surface area contributed by atoms with Gasteiger partial charge in [-0.05, 0) is 63.3 Å². The van der Waals surface area contributed by atoms with Crippen molar-refractivity contribution < 1.29 is 14.3 Å². The van der Waals surface area contributed by atoms with Gasteiger partial charge in [0, 0.05) is 13.1 Å². The van der Waals surface area contributed by atoms with Crippen molar-refractivity contribution in [1.82, 2.24) is 5.32 Å². The summed E-state index contributed by atoms with van der Waals surface area (Å²) in [5, 5.41) is 11.8. The quantitative estimate of drug-likeness (QED) is 0.692. The summed E-state index contributed by atoms with van der Waals surface area (Å²) in [6.45, 7) is 9.14. The molecular weight excluding hydrogens is 416 g/mol. The number of benzene rings is 2. The van der Waals surface area contributed by atoms with Gasteiger partial charge in [0.2, 0.25) is 5.91 Å². The van der Waals surface area contributed by atoms with Gasteiger partial charge in [0.1, 0.15) is 17.7 Å². The lowest BCUT2D eigenvalue weighted by Gasteiger charge is -2.21. The van der Waals surface area contributed by atoms with Gasteiger partial charge in [0.25, 0.3) is 0 Å². The van der Waals surface area contributed by atoms with E-state index in [4.69, 9.17) is 10.5 Å². The zero-order valence-corrected chi connectivity index (χ0v) is 19.9. The smallest absolute Gasteiger partial charge is 0.408 e. The van der Waals surface area contributed by atoms with E-state index < -0.39 is 23.6 Å². The summed E-state index contributed by atoms with van der Waals surface area (Å²) in [7, 11) is 0. The molecule has 1 aliphatic rings. The number of rotatable bonds is 5. The fourth-order valence-corrected chi connectivity index (χ4v) is 3.49. The predicted molar refractivity (Wildman–Crippen MR) is 131 cm³/mol. The fourth-order valence-electron chi connectivity index (χ4n) is 3.49. The fraction of sp³-hybridized carbons (Fsp3) is 0.423. The second kappa shape index (κ2) is 11.9. The van der Waals surface area contributed by atoms with Crippen LogP contribution in [0.25, 0.3) is 11.1 Å². The van der Waals surface area contributed by atoms with Crippen LogP contribution in [0.3, 0.4) is 0 Å². The first kappa shape index (κ1) is 25.7. The van der Waals surface area contributed by atoms with Crippen molar-refractivity contribution in [2.24, 2.45) is 5.73 Å². The first-order valence-corrected chi connectivity index (χ1v) is 11.3. The number of carbonyl (C=O) groups is 2. The maximum absolute atomic E-state index is 11.2. The van der Waals surface area contributed by atoms with Crippen molar-refractivity contribution in [1.29, 1.82) is 5.26 Å². The highest BCUT2D eigenvalue weighted by atomic mass is 16.6. The average Bonchev–Trinajstić information content (AvgIpc) is 3.31. The largest absolute Gasteiger partial charge is 0.444 e. The van der Waals surface area contributed by atoms with Crippen LogP contribution in [-0.4, -0.2) is 36.7 Å². The van der Waals surface area contributed by atoms with Gasteiger partial charge < -0.3 is 20.7 Å². The predicted octanol–water partition coefficient (Wildman–Crippen LogP) is 4.60. The first-order valence-electron chi connectivity index (χ1n) is 11.3. The highest BCUT2D eigenvalue weighted by Crippen LogP contribution is 2.29. The molecule has 0 spiro atoms. The van der Waals surface area contributed by atoms with Crippen molar-refractivity contribution >= 4 is 17.7 Å². The molecule has 33 heavy (non-hydrogen) atoms. The van der Waals surface area contributed by atoms with Crippen LogP contribution in [0.4, 0.5) is 10.5 Å². The normalized spacial score (nSPS) is 13.8. The van der Waals surface area contributed by atoms with Crippen LogP contribution in [-0.2, 0) is 9.53 Å². The molecule has 1 heterocycles. The highest BCUT2D eigenvalue weighted by Gasteiger charge is 2.21. The van der Waals surface area contributed by atoms with E-state index in [1.54, 1.807) is 27.7 Å². The zero-order valence-electron chi connectivity index (χ0n) is 19.9. The molecule has 1 atom stereocenters. The Morgan fingerprint density at radius 2 is 1.76 bits per heavy atom. The van der Waals surface area contributed by atoms with Crippen molar-refractivity contribution in [2.45, 2.75) is 58.6 Å². The van der Waals surface area contributed by atoms with E-state index in [1.807, 2.05) is 24.3 Å². The van der Waals surface area contributed by atoms with Crippen molar-refractivity contribution in [3.8, 4) is 17.2 Å². The standard InChI is InChI=1S/C17H16N2.C9H18N2O3/c18-13-16-12-15(14-6-2-1-3-7-14)8-9-17(16)19-10-4-5-11-19;1-5-6(7(10)12)11-8(13)14-9(2,3)4/h1-3,6-9,12H,4-5,10-11H2;6H,5H2,1-4H3,(H2,10,12)(H,11,13)/t;6-/m.0/s1. The van der Waals surface area contributed by atoms with E-state index in [0.717, 1.165) is 35.5 Å². The topological polar surface area (TPSA) is 108 Å². The van der Waals surface area contributed by atoms with Gasteiger partial charge in [-0.2, -0.15) is 5.26 Å². The summed E-state index contributed by atoms with van der Waals surface area (Å²) in [5.41, 5.74) is 8.61. The van der Waals surface area contributed by atoms with Gasteiger partial charge in [-0.3, -0.25) is 4.79 Å². The molecular formula is C26H34N4O3. The van der Waals surface area contributed by atoms with Crippen molar-refractivity contribution in [3.05, 3.63) is 54.1 Å². The number of nitriles is 1. The third kappa shape index (κ3) is 8.15. The number of alkyl carbamates (subject to hydrolysis) is 1. The molecule has 7 nitrogen and oxygen atoms in total. The Morgan fingerprint density at radius 1 is 1.12 bits per heavy atom. The van der Waals surface area contributed by atoms with Crippen LogP contribution < -0.4 is 16.0 Å². The minimum absolute atomic E-state index is 0.453. The van der Waals surface area contributed by atoms with Crippen molar-refractivity contribution in [2.75, 3.05) is 18.0 Å². The number of amides is 2. The van der Waals surface area contributed by atoms with Gasteiger partial charge in [-0.15, -0.1) is 0 Å². The molecule has 3 rings (SSSR count). The number of anilines is 1. The van der Waals surface area contributed by atoms with E-state index in [1.165, 1.54) is 12.8 Å². The van der Waals surface area contributed by atoms with E-state index >= 15 is 0 Å². The van der Waals surface area contributed by atoms with Gasteiger partial charge in [-0.25, -0.2) is 4.79 Å². The van der Waals surface area contributed by atoms with Gasteiger partial charge in [-0.1, -0.05) is 43.3 Å². The Kier molecular flexibility index (Phi) is 9.29. The Balaban J connectivity index is 0.000000248. The Labute approximate surface area is 196 Å². The van der Waals surface area contributed by atoms with Crippen LogP contribution in [0.15, 0.2) is 48.5 Å². The number of carbonyl (C=O) groups excluding carboxylic acids is 2. The zero-order chi connectivity index (χ0) is 24.4. The number of hydrogen-bond donors (Lipinski definition) is 2. The maximum atomic E-state index is 11.2. The number of ether oxygens (including phenoxy) is 1. The Bertz CT molecular complexity index is 971. The first-order chi connectivity index (χ1) is 15.6. The third-order valence-corrected chi connectivity index (χ3v) is 5.11. The molecule has 1 fully saturated rings. The number of primary amides is 1. The Hall–Kier alpha value is -3.53. The molecule has 2 aromatic carbocycles. The molecule has 7 heteroatoms. The van der Waals surface area contributed by atoms with Crippen LogP contribution >= 0.6 is 0 Å². The van der Waals surface area contributed by atoms with E-state index in [0.29, 0.717) is 6.42 Å². The summed E-state index contributed by atoms with van der Waals surface area (Å²) in [4.78, 5) is 24.3. The molecule has 1 aliphatic heterocycles. The lowest BCUT2D eigenvalue weighted by Crippen LogP contribution is -2.45. The summed E-state index contributed by atoms with van der Waals surface area (Å²) >= 11 is 0. The lowest BCUT2D eigenvalue weighted by molar-refractivity contribution is -0.120. The van der Waals surface area contributed by atoms with Gasteiger partial charge in [0.05, 0.1) is 11.3 Å². The molecule has 0 bridgehead atoms. The molecule has 2 amide bonds. The van der Waals surface area contributed by atoms with E-state index in [-0.39, 0.29) is 0 Å². The second-order valence-corrected chi connectivity index (χ2v) is 8.91. The maximum Gasteiger partial charge on any atom is 0.408 e. The van der Waals surface area contributed by atoms with Crippen molar-refractivity contribution in [3.63, 3.8) is 0 Å². The van der Waals surface area contributed by atoms with Crippen LogP contribution in [0.2, 0.25) is 0 Å². The monoisotopic (exact) mass is 450 g/mol. The molecule has 0 saturated carbocycles. The molecule has 0 aromatic heterocycles. The highest BCUT2D eigenvalue weighted by molar-refractivity contribution is 5.84. The average molecular weight is 451 g/mol. The summed E-state index contributed by atoms with van der Waals surface area (Å²) in [6.07, 6.45) is 2.29. The molecule has 0 radical (unpaired) electrons. The van der Waals surface area contributed by atoms with E-state index in [2.05, 4.69) is 40.6 Å². The minimum Gasteiger partial charge on any atom is -0.444 e. The third-order valence-electron chi connectivity index (χ3n) is 5.11. The molecule has 1 saturated heterocycles. The molecule has 2 aromatic rings. The molecule has 176 valence electrons. The summed E-state index contributed by atoms with van der Waals surface area (Å²) < 4.78 is 4.96. The van der Waals surface area contributed by atoms with E-state index in [9.17, 15) is 14.9 Å². The van der Waals surface area contributed by atoms with Gasteiger partial charge in [0.15, 0.2) is 0 Å². The number of nitrogens with zero attached hydrogens (tertiary/aromatic N) is 2. The minimum atomic E-state index is -0.662. The van der Waals surface area contributed by atoms with Crippen LogP contribution in [0, 0.1) is 11.3 Å². The van der Waals surface area contributed by atoms with Gasteiger partial charge >= 0.3 is 6.09 Å². The molecule has 0 aliphatic carbocycles. The SMILES string of the molecule is CC[C@H](NC(=O)OC(C)(C)C)C(N)=O.N#Cc1cc(-c2ccccc2)ccc1N1CCCC1. The second-order valence-electron chi connectivity index (χ2n) is 8.91. The molecule has 3 N–H and O–H groups in total. The Morgan fingerprint density at radius 3 is 2.27 bits per heavy atom. The van der Waals surface area contributed by atoms with Crippen LogP contribution in [0.5, 0.6) is 0 Å². The summed E-state index contributed by atoms with van der Waals surface area (Å²) in [6, 6.07) is 18.1. The lowest BCUT2D eigenvalue weighted by atomic mass is 10.0. The number of hydrogen-bond acceptors (Lipinski definition) is 5. The summed E-state index contributed by atoms with van der Waals surface area (Å²) in [5.74, 6) is -0.557.